The van der Waals surface area contributed by atoms with Gasteiger partial charge in [0.25, 0.3) is 0 Å². The quantitative estimate of drug-likeness (QED) is 0.0983. The lowest BCUT2D eigenvalue weighted by Crippen LogP contribution is -2.31. The van der Waals surface area contributed by atoms with Gasteiger partial charge in [-0.25, -0.2) is 9.59 Å². The summed E-state index contributed by atoms with van der Waals surface area (Å²) >= 11 is 0. The molecule has 0 bridgehead atoms. The van der Waals surface area contributed by atoms with Gasteiger partial charge in [-0.05, 0) is 33.7 Å². The number of hydrogen-bond donors (Lipinski definition) is 0. The molecule has 0 saturated heterocycles. The van der Waals surface area contributed by atoms with E-state index in [-0.39, 0.29) is 11.5 Å². The van der Waals surface area contributed by atoms with Crippen LogP contribution in [-0.2, 0) is 14.4 Å². The summed E-state index contributed by atoms with van der Waals surface area (Å²) in [7, 11) is 0. The van der Waals surface area contributed by atoms with Gasteiger partial charge in [0.05, 0.1) is 0 Å². The maximum atomic E-state index is 12.9. The maximum Gasteiger partial charge on any atom is 0.392 e. The highest BCUT2D eigenvalue weighted by molar-refractivity contribution is 6.61. The maximum absolute atomic E-state index is 12.9. The van der Waals surface area contributed by atoms with Crippen molar-refractivity contribution in [3.8, 4) is 11.5 Å². The van der Waals surface area contributed by atoms with Gasteiger partial charge in [0.15, 0.2) is 0 Å². The molecule has 5 heteroatoms. The van der Waals surface area contributed by atoms with Crippen LogP contribution in [0.3, 0.4) is 0 Å². The summed E-state index contributed by atoms with van der Waals surface area (Å²) in [5.74, 6) is -3.53. The molecule has 0 atom stereocenters. The number of hydrogen-bond acceptors (Lipinski definition) is 5. The number of benzene rings is 6. The van der Waals surface area contributed by atoms with Crippen molar-refractivity contribution >= 4 is 60.8 Å². The smallest absolute Gasteiger partial charge is 0.392 e. The van der Waals surface area contributed by atoms with Gasteiger partial charge in [-0.3, -0.25) is 4.79 Å². The minimum Gasteiger partial charge on any atom is -0.419 e. The Morgan fingerprint density at radius 2 is 0.694 bits per heavy atom. The van der Waals surface area contributed by atoms with Crippen molar-refractivity contribution in [1.29, 1.82) is 0 Å². The highest BCUT2D eigenvalue weighted by Crippen LogP contribution is 2.36. The fraction of sp³-hybridized carbons (Fsp3) is 0. The fourth-order valence-electron chi connectivity index (χ4n) is 4.53. The molecule has 0 heterocycles. The third-order valence-electron chi connectivity index (χ3n) is 6.20. The van der Waals surface area contributed by atoms with Crippen molar-refractivity contribution in [3.05, 3.63) is 109 Å². The lowest BCUT2D eigenvalue weighted by Gasteiger charge is -2.12. The first-order chi connectivity index (χ1) is 17.6. The molecule has 36 heavy (non-hydrogen) atoms. The van der Waals surface area contributed by atoms with Crippen molar-refractivity contribution in [2.75, 3.05) is 0 Å². The summed E-state index contributed by atoms with van der Waals surface area (Å²) in [6.07, 6.45) is 0. The van der Waals surface area contributed by atoms with E-state index >= 15 is 0 Å². The van der Waals surface area contributed by atoms with Crippen LogP contribution in [0.5, 0.6) is 11.5 Å². The molecule has 0 N–H and O–H groups in total. The molecule has 0 aliphatic carbocycles. The zero-order valence-electron chi connectivity index (χ0n) is 18.9. The molecule has 0 saturated carbocycles. The number of ketones is 1. The van der Waals surface area contributed by atoms with E-state index in [1.807, 2.05) is 84.9 Å². The first-order valence-corrected chi connectivity index (χ1v) is 11.4. The topological polar surface area (TPSA) is 69.7 Å². The average molecular weight is 470 g/mol. The normalized spacial score (nSPS) is 11.1. The molecule has 0 amide bonds. The van der Waals surface area contributed by atoms with E-state index in [0.717, 1.165) is 21.5 Å². The second kappa shape index (κ2) is 8.64. The Hall–Kier alpha value is -5.03. The molecule has 0 aromatic heterocycles. The molecule has 0 spiro atoms. The molecular weight excluding hydrogens is 452 g/mol. The Labute approximate surface area is 205 Å². The third-order valence-corrected chi connectivity index (χ3v) is 6.20. The van der Waals surface area contributed by atoms with Crippen molar-refractivity contribution in [2.45, 2.75) is 0 Å². The monoisotopic (exact) mass is 470 g/mol. The van der Waals surface area contributed by atoms with Crippen LogP contribution in [0.1, 0.15) is 0 Å². The molecule has 6 rings (SSSR count). The van der Waals surface area contributed by atoms with E-state index in [9.17, 15) is 14.4 Å². The number of Topliss-reactive ketones (excluding diaryl/α,β-unsaturated/α-hetero) is 1. The molecule has 6 aromatic carbocycles. The van der Waals surface area contributed by atoms with Gasteiger partial charge in [-0.2, -0.15) is 0 Å². The van der Waals surface area contributed by atoms with Gasteiger partial charge in [-0.15, -0.1) is 0 Å². The molecule has 0 aliphatic heterocycles. The largest absolute Gasteiger partial charge is 0.419 e. The van der Waals surface area contributed by atoms with Crippen LogP contribution >= 0.6 is 0 Å². The van der Waals surface area contributed by atoms with Gasteiger partial charge < -0.3 is 9.47 Å². The fourth-order valence-corrected chi connectivity index (χ4v) is 4.53. The van der Waals surface area contributed by atoms with E-state index < -0.39 is 17.7 Å². The zero-order chi connectivity index (χ0) is 24.6. The highest BCUT2D eigenvalue weighted by atomic mass is 16.6. The SMILES string of the molecule is O=C(Oc1c2ccccc2cc2ccccc12)C(=O)C(=O)Oc1c2ccccc2cc2ccccc12. The van der Waals surface area contributed by atoms with E-state index in [0.29, 0.717) is 21.5 Å². The lowest BCUT2D eigenvalue weighted by atomic mass is 10.0. The first-order valence-electron chi connectivity index (χ1n) is 11.4. The first kappa shape index (κ1) is 21.5. The van der Waals surface area contributed by atoms with Crippen LogP contribution in [0.15, 0.2) is 109 Å². The van der Waals surface area contributed by atoms with E-state index in [1.165, 1.54) is 0 Å². The Balaban J connectivity index is 1.36. The zero-order valence-corrected chi connectivity index (χ0v) is 18.9. The molecule has 172 valence electrons. The highest BCUT2D eigenvalue weighted by Gasteiger charge is 2.29. The molecule has 0 aliphatic rings. The van der Waals surface area contributed by atoms with Gasteiger partial charge in [0, 0.05) is 21.5 Å². The summed E-state index contributed by atoms with van der Waals surface area (Å²) in [5.41, 5.74) is 0. The average Bonchev–Trinajstić information content (AvgIpc) is 2.92. The van der Waals surface area contributed by atoms with Crippen LogP contribution in [0, 0.1) is 0 Å². The van der Waals surface area contributed by atoms with E-state index in [2.05, 4.69) is 0 Å². The predicted octanol–water partition coefficient (Wildman–Crippen LogP) is 6.38. The van der Waals surface area contributed by atoms with E-state index in [1.54, 1.807) is 24.3 Å². The second-order valence-corrected chi connectivity index (χ2v) is 8.40. The van der Waals surface area contributed by atoms with Crippen molar-refractivity contribution < 1.29 is 23.9 Å². The van der Waals surface area contributed by atoms with Crippen molar-refractivity contribution in [3.63, 3.8) is 0 Å². The molecule has 5 nitrogen and oxygen atoms in total. The number of rotatable bonds is 4. The number of fused-ring (bicyclic) bond motifs is 4. The van der Waals surface area contributed by atoms with Crippen LogP contribution < -0.4 is 9.47 Å². The molecule has 6 aromatic rings. The summed E-state index contributed by atoms with van der Waals surface area (Å²) in [5, 5.41) is 6.01. The van der Waals surface area contributed by atoms with Gasteiger partial charge in [0.2, 0.25) is 0 Å². The van der Waals surface area contributed by atoms with Crippen molar-refractivity contribution in [1.82, 2.24) is 0 Å². The Kier molecular flexibility index (Phi) is 5.16. The summed E-state index contributed by atoms with van der Waals surface area (Å²) in [4.78, 5) is 38.6. The number of carbonyl (C=O) groups excluding carboxylic acids is 3. The molecule has 0 unspecified atom stereocenters. The molecule has 0 radical (unpaired) electrons. The third kappa shape index (κ3) is 3.63. The molecular formula is C31H18O5. The summed E-state index contributed by atoms with van der Waals surface area (Å²) in [6, 6.07) is 33.5. The van der Waals surface area contributed by atoms with Gasteiger partial charge in [0.1, 0.15) is 11.5 Å². The Bertz CT molecular complexity index is 1610. The van der Waals surface area contributed by atoms with Crippen molar-refractivity contribution in [2.24, 2.45) is 0 Å². The second-order valence-electron chi connectivity index (χ2n) is 8.40. The minimum absolute atomic E-state index is 0.227. The van der Waals surface area contributed by atoms with E-state index in [4.69, 9.17) is 9.47 Å². The Morgan fingerprint density at radius 3 is 1.00 bits per heavy atom. The van der Waals surface area contributed by atoms with Crippen LogP contribution in [0.2, 0.25) is 0 Å². The minimum atomic E-state index is -1.39. The predicted molar refractivity (Wildman–Crippen MR) is 139 cm³/mol. The van der Waals surface area contributed by atoms with Gasteiger partial charge in [-0.1, -0.05) is 97.1 Å². The number of ether oxygens (including phenoxy) is 2. The van der Waals surface area contributed by atoms with Crippen LogP contribution in [0.4, 0.5) is 0 Å². The summed E-state index contributed by atoms with van der Waals surface area (Å²) in [6.45, 7) is 0. The lowest BCUT2D eigenvalue weighted by molar-refractivity contribution is -0.156. The number of carbonyl (C=O) groups is 3. The number of esters is 2. The standard InChI is InChI=1S/C31H18O5/c32-27(30(33)35-28-23-13-5-1-9-19(23)17-20-10-2-6-14-24(20)28)31(34)36-29-25-15-7-3-11-21(25)18-22-12-4-8-16-26(22)29/h1-18H. The summed E-state index contributed by atoms with van der Waals surface area (Å²) < 4.78 is 11.1. The van der Waals surface area contributed by atoms with Gasteiger partial charge >= 0.3 is 17.7 Å². The molecule has 0 fully saturated rings. The van der Waals surface area contributed by atoms with Crippen LogP contribution in [0.25, 0.3) is 43.1 Å². The van der Waals surface area contributed by atoms with Crippen LogP contribution in [-0.4, -0.2) is 17.7 Å². The Morgan fingerprint density at radius 1 is 0.417 bits per heavy atom.